The van der Waals surface area contributed by atoms with E-state index in [-0.39, 0.29) is 6.04 Å². The van der Waals surface area contributed by atoms with Gasteiger partial charge in [0, 0.05) is 40.9 Å². The Hall–Kier alpha value is -1.40. The van der Waals surface area contributed by atoms with Crippen LogP contribution in [0.1, 0.15) is 24.1 Å². The lowest BCUT2D eigenvalue weighted by Crippen LogP contribution is -2.45. The third kappa shape index (κ3) is 3.54. The van der Waals surface area contributed by atoms with Crippen molar-refractivity contribution in [3.8, 4) is 5.75 Å². The zero-order chi connectivity index (χ0) is 17.9. The molecule has 1 aliphatic heterocycles. The predicted molar refractivity (Wildman–Crippen MR) is 113 cm³/mol. The van der Waals surface area contributed by atoms with E-state index in [1.807, 2.05) is 18.3 Å². The molecule has 0 saturated carbocycles. The Kier molecular flexibility index (Phi) is 5.60. The minimum Gasteiger partial charge on any atom is -0.494 e. The molecule has 0 bridgehead atoms. The van der Waals surface area contributed by atoms with Crippen LogP contribution in [0.25, 0.3) is 10.1 Å². The zero-order valence-electron chi connectivity index (χ0n) is 14.9. The fourth-order valence-electron chi connectivity index (χ4n) is 3.73. The van der Waals surface area contributed by atoms with Gasteiger partial charge in [-0.2, -0.15) is 0 Å². The normalized spacial score (nSPS) is 16.7. The van der Waals surface area contributed by atoms with Gasteiger partial charge in [0.15, 0.2) is 0 Å². The summed E-state index contributed by atoms with van der Waals surface area (Å²) >= 11 is 5.50. The van der Waals surface area contributed by atoms with Crippen LogP contribution in [0.4, 0.5) is 0 Å². The van der Waals surface area contributed by atoms with E-state index >= 15 is 0 Å². The molecule has 1 aliphatic rings. The van der Waals surface area contributed by atoms with E-state index in [9.17, 15) is 0 Å². The Labute approximate surface area is 167 Å². The Morgan fingerprint density at radius 3 is 2.77 bits per heavy atom. The maximum atomic E-state index is 6.01. The van der Waals surface area contributed by atoms with Gasteiger partial charge in [0.2, 0.25) is 0 Å². The largest absolute Gasteiger partial charge is 0.494 e. The molecule has 4 rings (SSSR count). The van der Waals surface area contributed by atoms with Gasteiger partial charge in [-0.05, 0) is 47.5 Å². The van der Waals surface area contributed by atoms with Gasteiger partial charge in [0.1, 0.15) is 5.75 Å². The minimum atomic E-state index is 0.201. The van der Waals surface area contributed by atoms with Gasteiger partial charge >= 0.3 is 0 Å². The van der Waals surface area contributed by atoms with E-state index in [1.54, 1.807) is 0 Å². The molecule has 3 aromatic rings. The summed E-state index contributed by atoms with van der Waals surface area (Å²) in [6.45, 7) is 6.84. The number of ether oxygens (including phenoxy) is 1. The van der Waals surface area contributed by atoms with Gasteiger partial charge in [-0.3, -0.25) is 4.90 Å². The SMILES string of the molecule is CCOc1ccc(Br)cc1C(c1csc2ccccc12)N1CCNCC1. The first-order valence-corrected chi connectivity index (χ1v) is 10.8. The number of halogens is 1. The molecule has 1 N–H and O–H groups in total. The molecule has 26 heavy (non-hydrogen) atoms. The highest BCUT2D eigenvalue weighted by Crippen LogP contribution is 2.41. The molecule has 0 spiro atoms. The van der Waals surface area contributed by atoms with Gasteiger partial charge < -0.3 is 10.1 Å². The standard InChI is InChI=1S/C21H23BrN2OS/c1-2-25-19-8-7-15(22)13-17(19)21(24-11-9-23-10-12-24)18-14-26-20-6-4-3-5-16(18)20/h3-8,13-14,21,23H,2,9-12H2,1H3. The van der Waals surface area contributed by atoms with Crippen LogP contribution in [0.5, 0.6) is 5.75 Å². The smallest absolute Gasteiger partial charge is 0.124 e. The van der Waals surface area contributed by atoms with Crippen molar-refractivity contribution in [1.29, 1.82) is 0 Å². The number of rotatable bonds is 5. The van der Waals surface area contributed by atoms with Crippen LogP contribution >= 0.6 is 27.3 Å². The van der Waals surface area contributed by atoms with Gasteiger partial charge in [0.25, 0.3) is 0 Å². The van der Waals surface area contributed by atoms with Crippen molar-refractivity contribution in [3.05, 3.63) is 63.4 Å². The second kappa shape index (κ2) is 8.09. The molecule has 136 valence electrons. The van der Waals surface area contributed by atoms with Crippen LogP contribution in [0.15, 0.2) is 52.3 Å². The molecule has 1 saturated heterocycles. The average Bonchev–Trinajstić information content (AvgIpc) is 3.09. The maximum Gasteiger partial charge on any atom is 0.124 e. The molecular weight excluding hydrogens is 408 g/mol. The highest BCUT2D eigenvalue weighted by atomic mass is 79.9. The number of nitrogens with zero attached hydrogens (tertiary/aromatic N) is 1. The van der Waals surface area contributed by atoms with Crippen molar-refractivity contribution in [2.75, 3.05) is 32.8 Å². The van der Waals surface area contributed by atoms with Gasteiger partial charge in [-0.15, -0.1) is 11.3 Å². The lowest BCUT2D eigenvalue weighted by atomic mass is 9.95. The predicted octanol–water partition coefficient (Wildman–Crippen LogP) is 5.06. The summed E-state index contributed by atoms with van der Waals surface area (Å²) in [6, 6.07) is 15.3. The molecule has 0 amide bonds. The lowest BCUT2D eigenvalue weighted by Gasteiger charge is -2.36. The van der Waals surface area contributed by atoms with Crippen molar-refractivity contribution in [2.45, 2.75) is 13.0 Å². The molecule has 1 unspecified atom stereocenters. The minimum absolute atomic E-state index is 0.201. The fourth-order valence-corrected chi connectivity index (χ4v) is 5.09. The zero-order valence-corrected chi connectivity index (χ0v) is 17.3. The van der Waals surface area contributed by atoms with Crippen LogP contribution in [-0.2, 0) is 0 Å². The van der Waals surface area contributed by atoms with E-state index in [2.05, 4.69) is 74.0 Å². The van der Waals surface area contributed by atoms with Crippen molar-refractivity contribution >= 4 is 37.4 Å². The fraction of sp³-hybridized carbons (Fsp3) is 0.333. The second-order valence-corrected chi connectivity index (χ2v) is 8.32. The highest BCUT2D eigenvalue weighted by molar-refractivity contribution is 9.10. The third-order valence-corrected chi connectivity index (χ3v) is 6.36. The van der Waals surface area contributed by atoms with Crippen LogP contribution in [-0.4, -0.2) is 37.7 Å². The number of fused-ring (bicyclic) bond motifs is 1. The molecule has 3 nitrogen and oxygen atoms in total. The average molecular weight is 431 g/mol. The summed E-state index contributed by atoms with van der Waals surface area (Å²) in [5.41, 5.74) is 2.62. The van der Waals surface area contributed by atoms with Crippen LogP contribution in [0.2, 0.25) is 0 Å². The van der Waals surface area contributed by atoms with Crippen molar-refractivity contribution in [2.24, 2.45) is 0 Å². The molecule has 2 heterocycles. The van der Waals surface area contributed by atoms with E-state index in [0.717, 1.165) is 36.4 Å². The molecule has 1 atom stereocenters. The molecule has 5 heteroatoms. The number of thiophene rings is 1. The van der Waals surface area contributed by atoms with E-state index in [4.69, 9.17) is 4.74 Å². The second-order valence-electron chi connectivity index (χ2n) is 6.49. The summed E-state index contributed by atoms with van der Waals surface area (Å²) in [7, 11) is 0. The molecule has 1 fully saturated rings. The third-order valence-electron chi connectivity index (χ3n) is 4.89. The number of nitrogens with one attached hydrogen (secondary N) is 1. The topological polar surface area (TPSA) is 24.5 Å². The maximum absolute atomic E-state index is 6.01. The molecule has 0 aliphatic carbocycles. The molecule has 2 aromatic carbocycles. The highest BCUT2D eigenvalue weighted by Gasteiger charge is 2.28. The number of benzene rings is 2. The Bertz CT molecular complexity index is 889. The summed E-state index contributed by atoms with van der Waals surface area (Å²) in [5, 5.41) is 7.15. The summed E-state index contributed by atoms with van der Waals surface area (Å²) < 4.78 is 8.45. The molecular formula is C21H23BrN2OS. The van der Waals surface area contributed by atoms with Crippen molar-refractivity contribution in [1.82, 2.24) is 10.2 Å². The monoisotopic (exact) mass is 430 g/mol. The van der Waals surface area contributed by atoms with E-state index < -0.39 is 0 Å². The molecule has 0 radical (unpaired) electrons. The number of hydrogen-bond acceptors (Lipinski definition) is 4. The molecule has 1 aromatic heterocycles. The summed E-state index contributed by atoms with van der Waals surface area (Å²) in [6.07, 6.45) is 0. The first-order chi connectivity index (χ1) is 12.8. The van der Waals surface area contributed by atoms with E-state index in [1.165, 1.54) is 21.2 Å². The lowest BCUT2D eigenvalue weighted by molar-refractivity contribution is 0.195. The van der Waals surface area contributed by atoms with Gasteiger partial charge in [0.05, 0.1) is 12.6 Å². The van der Waals surface area contributed by atoms with Crippen LogP contribution in [0, 0.1) is 0 Å². The van der Waals surface area contributed by atoms with Gasteiger partial charge in [-0.25, -0.2) is 0 Å². The van der Waals surface area contributed by atoms with Crippen molar-refractivity contribution < 1.29 is 4.74 Å². The van der Waals surface area contributed by atoms with Crippen LogP contribution in [0.3, 0.4) is 0 Å². The Morgan fingerprint density at radius 2 is 1.96 bits per heavy atom. The first kappa shape index (κ1) is 18.0. The Morgan fingerprint density at radius 1 is 1.15 bits per heavy atom. The first-order valence-electron chi connectivity index (χ1n) is 9.11. The number of piperazine rings is 1. The van der Waals surface area contributed by atoms with Crippen LogP contribution < -0.4 is 10.1 Å². The number of hydrogen-bond donors (Lipinski definition) is 1. The quantitative estimate of drug-likeness (QED) is 0.612. The summed E-state index contributed by atoms with van der Waals surface area (Å²) in [5.74, 6) is 0.981. The van der Waals surface area contributed by atoms with Crippen molar-refractivity contribution in [3.63, 3.8) is 0 Å². The summed E-state index contributed by atoms with van der Waals surface area (Å²) in [4.78, 5) is 2.58. The van der Waals surface area contributed by atoms with Gasteiger partial charge in [-0.1, -0.05) is 34.1 Å². The van der Waals surface area contributed by atoms with E-state index in [0.29, 0.717) is 6.61 Å². The Balaban J connectivity index is 1.88.